The topological polar surface area (TPSA) is 67.4 Å². The molecule has 0 aliphatic rings. The lowest BCUT2D eigenvalue weighted by molar-refractivity contribution is 0.180. The van der Waals surface area contributed by atoms with Crippen LogP contribution in [0.5, 0.6) is 11.5 Å². The van der Waals surface area contributed by atoms with Crippen LogP contribution in [0.2, 0.25) is 0 Å². The van der Waals surface area contributed by atoms with E-state index in [1.165, 1.54) is 0 Å². The molecule has 0 aromatic heterocycles. The van der Waals surface area contributed by atoms with Gasteiger partial charge >= 0.3 is 0 Å². The van der Waals surface area contributed by atoms with Crippen molar-refractivity contribution in [3.8, 4) is 11.5 Å². The van der Waals surface area contributed by atoms with Gasteiger partial charge in [-0.1, -0.05) is 0 Å². The van der Waals surface area contributed by atoms with Gasteiger partial charge in [-0.15, -0.1) is 0 Å². The third-order valence-corrected chi connectivity index (χ3v) is 3.92. The van der Waals surface area contributed by atoms with Crippen LogP contribution in [-0.4, -0.2) is 72.0 Å². The molecule has 0 fully saturated rings. The summed E-state index contributed by atoms with van der Waals surface area (Å²) in [5.41, 5.74) is 1.02. The Morgan fingerprint density at radius 2 is 1.92 bits per heavy atom. The quantitative estimate of drug-likeness (QED) is 0.334. The lowest BCUT2D eigenvalue weighted by atomic mass is 10.2. The first-order valence-corrected chi connectivity index (χ1v) is 9.05. The number of hydrogen-bond acceptors (Lipinski definition) is 5. The maximum atomic E-state index is 5.43. The van der Waals surface area contributed by atoms with Crippen molar-refractivity contribution in [2.75, 3.05) is 61.2 Å². The molecule has 0 amide bonds. The van der Waals surface area contributed by atoms with Gasteiger partial charge in [0.2, 0.25) is 0 Å². The van der Waals surface area contributed by atoms with Gasteiger partial charge in [-0.25, -0.2) is 4.99 Å². The second kappa shape index (κ2) is 13.2. The van der Waals surface area contributed by atoms with Crippen molar-refractivity contribution in [1.29, 1.82) is 0 Å². The molecule has 0 aliphatic heterocycles. The van der Waals surface area contributed by atoms with Gasteiger partial charge in [0.15, 0.2) is 5.96 Å². The van der Waals surface area contributed by atoms with E-state index in [1.54, 1.807) is 21.3 Å². The summed E-state index contributed by atoms with van der Waals surface area (Å²) in [6.45, 7) is 7.00. The molecule has 0 unspecified atom stereocenters. The molecule has 0 saturated heterocycles. The number of hydrogen-bond donors (Lipinski definition) is 2. The summed E-state index contributed by atoms with van der Waals surface area (Å²) in [6.07, 6.45) is 1.04. The largest absolute Gasteiger partial charge is 0.497 e. The summed E-state index contributed by atoms with van der Waals surface area (Å²) in [7, 11) is 7.15. The number of rotatable bonds is 12. The van der Waals surface area contributed by atoms with Crippen LogP contribution >= 0.6 is 0 Å². The van der Waals surface area contributed by atoms with Crippen molar-refractivity contribution in [3.63, 3.8) is 0 Å². The Bertz CT molecular complexity index is 538. The van der Waals surface area contributed by atoms with Crippen molar-refractivity contribution >= 4 is 5.96 Å². The summed E-state index contributed by atoms with van der Waals surface area (Å²) >= 11 is 0. The molecule has 26 heavy (non-hydrogen) atoms. The van der Waals surface area contributed by atoms with Gasteiger partial charge in [0, 0.05) is 51.5 Å². The molecule has 1 rings (SSSR count). The average Bonchev–Trinajstić information content (AvgIpc) is 2.66. The number of guanidine groups is 1. The van der Waals surface area contributed by atoms with Gasteiger partial charge in [0.05, 0.1) is 20.8 Å². The zero-order chi connectivity index (χ0) is 19.2. The fourth-order valence-electron chi connectivity index (χ4n) is 2.44. The van der Waals surface area contributed by atoms with Crippen LogP contribution in [0, 0.1) is 0 Å². The van der Waals surface area contributed by atoms with Gasteiger partial charge in [-0.2, -0.15) is 0 Å². The molecule has 7 nitrogen and oxygen atoms in total. The van der Waals surface area contributed by atoms with E-state index in [9.17, 15) is 0 Å². The molecule has 2 N–H and O–H groups in total. The SMILES string of the molecule is CCNC(=NCc1ccc(OC)cc1OC)NCCN(C)CCCOC. The first-order valence-electron chi connectivity index (χ1n) is 9.05. The van der Waals surface area contributed by atoms with Gasteiger partial charge < -0.3 is 29.7 Å². The predicted molar refractivity (Wildman–Crippen MR) is 106 cm³/mol. The number of ether oxygens (including phenoxy) is 3. The Morgan fingerprint density at radius 1 is 1.12 bits per heavy atom. The van der Waals surface area contributed by atoms with Crippen molar-refractivity contribution in [2.24, 2.45) is 4.99 Å². The van der Waals surface area contributed by atoms with E-state index in [1.807, 2.05) is 18.2 Å². The summed E-state index contributed by atoms with van der Waals surface area (Å²) < 4.78 is 15.8. The monoisotopic (exact) mass is 366 g/mol. The highest BCUT2D eigenvalue weighted by Gasteiger charge is 2.06. The minimum atomic E-state index is 0.534. The second-order valence-electron chi connectivity index (χ2n) is 5.95. The van der Waals surface area contributed by atoms with E-state index < -0.39 is 0 Å². The van der Waals surface area contributed by atoms with Crippen LogP contribution in [0.15, 0.2) is 23.2 Å². The van der Waals surface area contributed by atoms with E-state index in [0.717, 1.165) is 62.2 Å². The van der Waals surface area contributed by atoms with E-state index in [-0.39, 0.29) is 0 Å². The van der Waals surface area contributed by atoms with Gasteiger partial charge in [0.25, 0.3) is 0 Å². The number of methoxy groups -OCH3 is 3. The fraction of sp³-hybridized carbons (Fsp3) is 0.632. The summed E-state index contributed by atoms with van der Waals surface area (Å²) in [5.74, 6) is 2.36. The molecule has 1 aromatic rings. The third-order valence-electron chi connectivity index (χ3n) is 3.92. The molecule has 0 aliphatic carbocycles. The van der Waals surface area contributed by atoms with Crippen LogP contribution in [0.4, 0.5) is 0 Å². The number of likely N-dealkylation sites (N-methyl/N-ethyl adjacent to an activating group) is 1. The first kappa shape index (κ1) is 22.1. The first-order chi connectivity index (χ1) is 12.6. The lowest BCUT2D eigenvalue weighted by Crippen LogP contribution is -2.41. The van der Waals surface area contributed by atoms with Crippen LogP contribution in [-0.2, 0) is 11.3 Å². The second-order valence-corrected chi connectivity index (χ2v) is 5.95. The molecule has 0 radical (unpaired) electrons. The molecular weight excluding hydrogens is 332 g/mol. The smallest absolute Gasteiger partial charge is 0.191 e. The van der Waals surface area contributed by atoms with E-state index in [0.29, 0.717) is 6.54 Å². The highest BCUT2D eigenvalue weighted by molar-refractivity contribution is 5.79. The molecule has 0 saturated carbocycles. The maximum absolute atomic E-state index is 5.43. The van der Waals surface area contributed by atoms with E-state index in [2.05, 4.69) is 34.5 Å². The minimum absolute atomic E-state index is 0.534. The Kier molecular flexibility index (Phi) is 11.2. The molecule has 148 valence electrons. The van der Waals surface area contributed by atoms with Gasteiger partial charge in [-0.05, 0) is 32.5 Å². The molecule has 0 heterocycles. The number of nitrogens with one attached hydrogen (secondary N) is 2. The molecule has 7 heteroatoms. The predicted octanol–water partition coefficient (Wildman–Crippen LogP) is 1.73. The third kappa shape index (κ3) is 8.40. The Balaban J connectivity index is 2.55. The van der Waals surface area contributed by atoms with Crippen LogP contribution in [0.1, 0.15) is 18.9 Å². The average molecular weight is 367 g/mol. The highest BCUT2D eigenvalue weighted by atomic mass is 16.5. The number of benzene rings is 1. The minimum Gasteiger partial charge on any atom is -0.497 e. The Labute approximate surface area is 157 Å². The lowest BCUT2D eigenvalue weighted by Gasteiger charge is -2.18. The summed E-state index contributed by atoms with van der Waals surface area (Å²) in [6, 6.07) is 5.77. The van der Waals surface area contributed by atoms with Crippen molar-refractivity contribution in [1.82, 2.24) is 15.5 Å². The summed E-state index contributed by atoms with van der Waals surface area (Å²) in [4.78, 5) is 6.94. The number of nitrogens with zero attached hydrogens (tertiary/aromatic N) is 2. The van der Waals surface area contributed by atoms with Crippen molar-refractivity contribution in [3.05, 3.63) is 23.8 Å². The van der Waals surface area contributed by atoms with Crippen LogP contribution in [0.3, 0.4) is 0 Å². The van der Waals surface area contributed by atoms with Crippen LogP contribution < -0.4 is 20.1 Å². The van der Waals surface area contributed by atoms with Gasteiger partial charge in [0.1, 0.15) is 11.5 Å². The molecule has 0 spiro atoms. The van der Waals surface area contributed by atoms with Crippen molar-refractivity contribution in [2.45, 2.75) is 19.9 Å². The van der Waals surface area contributed by atoms with Crippen molar-refractivity contribution < 1.29 is 14.2 Å². The summed E-state index contributed by atoms with van der Waals surface area (Å²) in [5, 5.41) is 6.65. The number of aliphatic imine (C=N–C) groups is 1. The normalized spacial score (nSPS) is 11.5. The van der Waals surface area contributed by atoms with Crippen LogP contribution in [0.25, 0.3) is 0 Å². The highest BCUT2D eigenvalue weighted by Crippen LogP contribution is 2.25. The maximum Gasteiger partial charge on any atom is 0.191 e. The van der Waals surface area contributed by atoms with Gasteiger partial charge in [-0.3, -0.25) is 0 Å². The Hall–Kier alpha value is -1.99. The van der Waals surface area contributed by atoms with E-state index in [4.69, 9.17) is 14.2 Å². The molecular formula is C19H34N4O3. The standard InChI is InChI=1S/C19H34N4O3/c1-6-20-19(21-10-12-23(2)11-7-13-24-3)22-15-16-8-9-17(25-4)14-18(16)26-5/h8-9,14H,6-7,10-13,15H2,1-5H3,(H2,20,21,22). The fourth-order valence-corrected chi connectivity index (χ4v) is 2.44. The van der Waals surface area contributed by atoms with E-state index >= 15 is 0 Å². The molecule has 0 atom stereocenters. The zero-order valence-corrected chi connectivity index (χ0v) is 16.8. The molecule has 0 bridgehead atoms. The Morgan fingerprint density at radius 3 is 2.58 bits per heavy atom. The molecule has 1 aromatic carbocycles. The zero-order valence-electron chi connectivity index (χ0n) is 16.8.